The highest BCUT2D eigenvalue weighted by Crippen LogP contribution is 2.15. The van der Waals surface area contributed by atoms with Crippen LogP contribution in [0.5, 0.6) is 0 Å². The topological polar surface area (TPSA) is 108 Å². The van der Waals surface area contributed by atoms with Crippen molar-refractivity contribution in [1.29, 1.82) is 0 Å². The van der Waals surface area contributed by atoms with Crippen LogP contribution in [-0.4, -0.2) is 46.8 Å². The number of furan rings is 1. The number of halogens is 1. The van der Waals surface area contributed by atoms with E-state index < -0.39 is 5.91 Å². The second-order valence-corrected chi connectivity index (χ2v) is 6.65. The van der Waals surface area contributed by atoms with Crippen LogP contribution < -0.4 is 10.9 Å². The van der Waals surface area contributed by atoms with Crippen LogP contribution in [0.3, 0.4) is 0 Å². The lowest BCUT2D eigenvalue weighted by atomic mass is 10.2. The number of nitrogens with zero attached hydrogens (tertiary/aromatic N) is 2. The summed E-state index contributed by atoms with van der Waals surface area (Å²) in [5.74, 6) is -0.510. The van der Waals surface area contributed by atoms with Gasteiger partial charge in [-0.05, 0) is 46.6 Å². The van der Waals surface area contributed by atoms with Crippen molar-refractivity contribution >= 4 is 38.6 Å². The monoisotopic (exact) mass is 432 g/mol. The minimum absolute atomic E-state index is 0.0384. The number of aromatic nitrogens is 2. The molecule has 3 aromatic rings. The van der Waals surface area contributed by atoms with Crippen molar-refractivity contribution in [3.05, 3.63) is 63.0 Å². The van der Waals surface area contributed by atoms with Gasteiger partial charge >= 0.3 is 0 Å². The van der Waals surface area contributed by atoms with Crippen LogP contribution in [0.25, 0.3) is 10.9 Å². The number of nitrogens with one attached hydrogen (secondary N) is 2. The van der Waals surface area contributed by atoms with Crippen molar-refractivity contribution in [3.8, 4) is 0 Å². The molecule has 3 rings (SSSR count). The van der Waals surface area contributed by atoms with Crippen LogP contribution in [0.1, 0.15) is 27.6 Å². The third kappa shape index (κ3) is 4.43. The quantitative estimate of drug-likeness (QED) is 0.580. The third-order valence-electron chi connectivity index (χ3n) is 3.91. The number of aromatic amines is 1. The molecule has 1 aromatic carbocycles. The summed E-state index contributed by atoms with van der Waals surface area (Å²) in [5.41, 5.74) is 0.0991. The highest BCUT2D eigenvalue weighted by atomic mass is 79.9. The molecular formula is C18H17BrN4O4. The van der Waals surface area contributed by atoms with Gasteiger partial charge in [0.2, 0.25) is 0 Å². The zero-order chi connectivity index (χ0) is 19.4. The lowest BCUT2D eigenvalue weighted by molar-refractivity contribution is 0.0760. The molecule has 0 atom stereocenters. The van der Waals surface area contributed by atoms with Crippen molar-refractivity contribution < 1.29 is 14.0 Å². The molecule has 0 spiro atoms. The van der Waals surface area contributed by atoms with E-state index in [9.17, 15) is 14.4 Å². The lowest BCUT2D eigenvalue weighted by Gasteiger charge is -2.15. The second-order valence-electron chi connectivity index (χ2n) is 5.87. The van der Waals surface area contributed by atoms with Crippen LogP contribution in [0.15, 0.2) is 50.3 Å². The second kappa shape index (κ2) is 8.17. The minimum atomic E-state index is -0.471. The Hall–Kier alpha value is -2.94. The molecule has 0 aliphatic heterocycles. The van der Waals surface area contributed by atoms with E-state index in [1.807, 2.05) is 0 Å². The van der Waals surface area contributed by atoms with Crippen LogP contribution in [-0.2, 0) is 0 Å². The van der Waals surface area contributed by atoms with E-state index in [1.165, 1.54) is 4.90 Å². The van der Waals surface area contributed by atoms with Gasteiger partial charge in [-0.25, -0.2) is 4.98 Å². The van der Waals surface area contributed by atoms with Gasteiger partial charge in [0.25, 0.3) is 17.4 Å². The van der Waals surface area contributed by atoms with Gasteiger partial charge in [-0.15, -0.1) is 0 Å². The first-order valence-electron chi connectivity index (χ1n) is 8.24. The van der Waals surface area contributed by atoms with E-state index in [0.29, 0.717) is 35.1 Å². The molecular weight excluding hydrogens is 416 g/mol. The Balaban J connectivity index is 1.52. The Bertz CT molecular complexity index is 1040. The minimum Gasteiger partial charge on any atom is -0.444 e. The Morgan fingerprint density at radius 2 is 2.04 bits per heavy atom. The predicted molar refractivity (Wildman–Crippen MR) is 103 cm³/mol. The van der Waals surface area contributed by atoms with Crippen molar-refractivity contribution in [3.63, 3.8) is 0 Å². The maximum atomic E-state index is 12.2. The van der Waals surface area contributed by atoms with Crippen molar-refractivity contribution in [1.82, 2.24) is 20.2 Å². The number of para-hydroxylation sites is 1. The van der Waals surface area contributed by atoms with Crippen molar-refractivity contribution in [2.24, 2.45) is 0 Å². The van der Waals surface area contributed by atoms with E-state index in [2.05, 4.69) is 31.2 Å². The van der Waals surface area contributed by atoms with Gasteiger partial charge in [-0.3, -0.25) is 14.4 Å². The highest BCUT2D eigenvalue weighted by Gasteiger charge is 2.16. The van der Waals surface area contributed by atoms with E-state index in [4.69, 9.17) is 4.42 Å². The van der Waals surface area contributed by atoms with Gasteiger partial charge in [0, 0.05) is 20.1 Å². The molecule has 0 fully saturated rings. The predicted octanol–water partition coefficient (Wildman–Crippen LogP) is 2.17. The van der Waals surface area contributed by atoms with E-state index in [-0.39, 0.29) is 23.1 Å². The SMILES string of the molecule is CN(CCCNC(=O)c1nc2ccccc2c(=O)[nH]1)C(=O)c1ccc(Br)o1. The third-order valence-corrected chi connectivity index (χ3v) is 4.34. The molecule has 2 aromatic heterocycles. The number of hydrogen-bond donors (Lipinski definition) is 2. The molecule has 2 heterocycles. The van der Waals surface area contributed by atoms with Crippen LogP contribution in [0, 0.1) is 0 Å². The molecule has 0 saturated heterocycles. The van der Waals surface area contributed by atoms with Crippen LogP contribution >= 0.6 is 15.9 Å². The smallest absolute Gasteiger partial charge is 0.289 e. The lowest BCUT2D eigenvalue weighted by Crippen LogP contribution is -2.32. The Labute approximate surface area is 162 Å². The molecule has 27 heavy (non-hydrogen) atoms. The molecule has 140 valence electrons. The summed E-state index contributed by atoms with van der Waals surface area (Å²) in [6, 6.07) is 10.0. The van der Waals surface area contributed by atoms with Gasteiger partial charge in [0.1, 0.15) is 0 Å². The average molecular weight is 433 g/mol. The number of hydrogen-bond acceptors (Lipinski definition) is 5. The van der Waals surface area contributed by atoms with Gasteiger partial charge in [0.15, 0.2) is 16.3 Å². The number of H-pyrrole nitrogens is 1. The fourth-order valence-electron chi connectivity index (χ4n) is 2.51. The molecule has 9 heteroatoms. The normalized spacial score (nSPS) is 10.7. The molecule has 2 N–H and O–H groups in total. The highest BCUT2D eigenvalue weighted by molar-refractivity contribution is 9.10. The zero-order valence-electron chi connectivity index (χ0n) is 14.5. The van der Waals surface area contributed by atoms with E-state index >= 15 is 0 Å². The van der Waals surface area contributed by atoms with Gasteiger partial charge in [-0.2, -0.15) is 0 Å². The van der Waals surface area contributed by atoms with Gasteiger partial charge in [0.05, 0.1) is 10.9 Å². The summed E-state index contributed by atoms with van der Waals surface area (Å²) >= 11 is 3.16. The first-order valence-corrected chi connectivity index (χ1v) is 9.03. The molecule has 0 aliphatic rings. The van der Waals surface area contributed by atoms with Gasteiger partial charge in [-0.1, -0.05) is 12.1 Å². The van der Waals surface area contributed by atoms with Crippen molar-refractivity contribution in [2.45, 2.75) is 6.42 Å². The largest absolute Gasteiger partial charge is 0.444 e. The number of carbonyl (C=O) groups is 2. The first-order chi connectivity index (χ1) is 13.0. The van der Waals surface area contributed by atoms with Crippen LogP contribution in [0.4, 0.5) is 0 Å². The Kier molecular flexibility index (Phi) is 5.70. The van der Waals surface area contributed by atoms with Crippen LogP contribution in [0.2, 0.25) is 0 Å². The average Bonchev–Trinajstić information content (AvgIpc) is 3.10. The molecule has 2 amide bonds. The zero-order valence-corrected chi connectivity index (χ0v) is 16.1. The number of amides is 2. The molecule has 0 radical (unpaired) electrons. The Morgan fingerprint density at radius 1 is 1.26 bits per heavy atom. The summed E-state index contributed by atoms with van der Waals surface area (Å²) in [7, 11) is 1.66. The Morgan fingerprint density at radius 3 is 2.78 bits per heavy atom. The fraction of sp³-hybridized carbons (Fsp3) is 0.222. The van der Waals surface area contributed by atoms with Crippen molar-refractivity contribution in [2.75, 3.05) is 20.1 Å². The first kappa shape index (κ1) is 18.8. The number of benzene rings is 1. The summed E-state index contributed by atoms with van der Waals surface area (Å²) in [6.45, 7) is 0.758. The number of carbonyl (C=O) groups excluding carboxylic acids is 2. The maximum absolute atomic E-state index is 12.2. The molecule has 0 unspecified atom stereocenters. The summed E-state index contributed by atoms with van der Waals surface area (Å²) < 4.78 is 5.72. The number of rotatable bonds is 6. The molecule has 0 bridgehead atoms. The summed E-state index contributed by atoms with van der Waals surface area (Å²) in [4.78, 5) is 44.5. The van der Waals surface area contributed by atoms with Gasteiger partial charge < -0.3 is 19.6 Å². The standard InChI is InChI=1S/C18H17BrN4O4/c1-23(18(26)13-7-8-14(19)27-13)10-4-9-20-17(25)15-21-12-6-3-2-5-11(12)16(24)22-15/h2-3,5-8H,4,9-10H2,1H3,(H,20,25)(H,21,22,24). The van der Waals surface area contributed by atoms with E-state index in [1.54, 1.807) is 43.4 Å². The number of fused-ring (bicyclic) bond motifs is 1. The molecule has 0 saturated carbocycles. The van der Waals surface area contributed by atoms with E-state index in [0.717, 1.165) is 0 Å². The maximum Gasteiger partial charge on any atom is 0.289 e. The fourth-order valence-corrected chi connectivity index (χ4v) is 2.82. The molecule has 8 nitrogen and oxygen atoms in total. The summed E-state index contributed by atoms with van der Waals surface area (Å²) in [6.07, 6.45) is 0.535. The molecule has 0 aliphatic carbocycles. The summed E-state index contributed by atoms with van der Waals surface area (Å²) in [5, 5.41) is 3.12.